The van der Waals surface area contributed by atoms with Crippen LogP contribution in [0.25, 0.3) is 0 Å². The van der Waals surface area contributed by atoms with Gasteiger partial charge in [0.1, 0.15) is 0 Å². The highest BCUT2D eigenvalue weighted by molar-refractivity contribution is 6.85. The second-order valence-electron chi connectivity index (χ2n) is 4.92. The summed E-state index contributed by atoms with van der Waals surface area (Å²) >= 11 is 0. The summed E-state index contributed by atoms with van der Waals surface area (Å²) in [5.41, 5.74) is 2.20. The Bertz CT molecular complexity index is 278. The summed E-state index contributed by atoms with van der Waals surface area (Å²) in [6.07, 6.45) is 8.56. The lowest BCUT2D eigenvalue weighted by Crippen LogP contribution is -2.33. The van der Waals surface area contributed by atoms with Gasteiger partial charge >= 0.3 is 5.97 Å². The van der Waals surface area contributed by atoms with Gasteiger partial charge in [0.25, 0.3) is 0 Å². The van der Waals surface area contributed by atoms with Crippen LogP contribution in [0.2, 0.25) is 18.1 Å². The monoisotopic (exact) mass is 252 g/mol. The molecule has 1 aliphatic heterocycles. The van der Waals surface area contributed by atoms with Gasteiger partial charge in [-0.3, -0.25) is 0 Å². The number of allylic oxidation sites excluding steroid dienone is 1. The molecule has 0 aromatic heterocycles. The third-order valence-electron chi connectivity index (χ3n) is 3.42. The van der Waals surface area contributed by atoms with Crippen LogP contribution in [0.5, 0.6) is 0 Å². The van der Waals surface area contributed by atoms with E-state index >= 15 is 0 Å². The Hall–Kier alpha value is -0.833. The van der Waals surface area contributed by atoms with Crippen LogP contribution in [-0.4, -0.2) is 20.7 Å². The molecule has 0 spiro atoms. The molecule has 1 aliphatic rings. The van der Waals surface area contributed by atoms with Gasteiger partial charge in [-0.2, -0.15) is 0 Å². The van der Waals surface area contributed by atoms with Crippen LogP contribution in [0.4, 0.5) is 0 Å². The van der Waals surface area contributed by atoms with Gasteiger partial charge in [-0.1, -0.05) is 50.0 Å². The van der Waals surface area contributed by atoms with Gasteiger partial charge in [0.15, 0.2) is 0 Å². The van der Waals surface area contributed by atoms with Crippen LogP contribution in [0.1, 0.15) is 32.6 Å². The van der Waals surface area contributed by atoms with Crippen LogP contribution in [0, 0.1) is 0 Å². The van der Waals surface area contributed by atoms with Crippen molar-refractivity contribution in [3.63, 3.8) is 0 Å². The summed E-state index contributed by atoms with van der Waals surface area (Å²) in [4.78, 5) is 11.5. The fourth-order valence-electron chi connectivity index (χ4n) is 2.48. The zero-order chi connectivity index (χ0) is 12.6. The summed E-state index contributed by atoms with van der Waals surface area (Å²) in [7, 11) is -1.38. The van der Waals surface area contributed by atoms with Crippen LogP contribution in [0.15, 0.2) is 24.4 Å². The maximum absolute atomic E-state index is 11.5. The first-order valence-electron chi connectivity index (χ1n) is 6.69. The summed E-state index contributed by atoms with van der Waals surface area (Å²) in [6, 6.07) is 3.71. The van der Waals surface area contributed by atoms with E-state index in [1.54, 1.807) is 6.08 Å². The Kier molecular flexibility index (Phi) is 6.26. The standard InChI is InChI=1S/C14H24O2Si/c1-3-9-16-14(15)8-13-17(10-4-2)11-6-5-7-12-17/h4,8,13H,2-3,5-7,9-12H2,1H3. The smallest absolute Gasteiger partial charge is 0.330 e. The maximum atomic E-state index is 11.5. The molecule has 1 heterocycles. The van der Waals surface area contributed by atoms with Gasteiger partial charge in [-0.25, -0.2) is 4.79 Å². The molecule has 96 valence electrons. The Morgan fingerprint density at radius 3 is 2.65 bits per heavy atom. The van der Waals surface area contributed by atoms with Crippen molar-refractivity contribution in [3.8, 4) is 0 Å². The minimum atomic E-state index is -1.38. The summed E-state index contributed by atoms with van der Waals surface area (Å²) in [6.45, 7) is 6.39. The van der Waals surface area contributed by atoms with Crippen LogP contribution in [0.3, 0.4) is 0 Å². The molecule has 0 aromatic rings. The van der Waals surface area contributed by atoms with Crippen molar-refractivity contribution >= 4 is 14.0 Å². The largest absolute Gasteiger partial charge is 0.463 e. The number of hydrogen-bond acceptors (Lipinski definition) is 2. The fraction of sp³-hybridized carbons (Fsp3) is 0.643. The van der Waals surface area contributed by atoms with Gasteiger partial charge in [-0.05, 0) is 12.5 Å². The van der Waals surface area contributed by atoms with Gasteiger partial charge < -0.3 is 4.74 Å². The molecule has 0 aromatic carbocycles. The first-order chi connectivity index (χ1) is 8.22. The third-order valence-corrected chi connectivity index (χ3v) is 8.10. The van der Waals surface area contributed by atoms with E-state index in [1.165, 1.54) is 31.4 Å². The first kappa shape index (κ1) is 14.2. The van der Waals surface area contributed by atoms with Crippen LogP contribution in [-0.2, 0) is 9.53 Å². The first-order valence-corrected chi connectivity index (χ1v) is 9.39. The molecule has 0 N–H and O–H groups in total. The normalized spacial score (nSPS) is 19.1. The number of ether oxygens (including phenoxy) is 1. The fourth-order valence-corrected chi connectivity index (χ4v) is 6.58. The Morgan fingerprint density at radius 1 is 1.35 bits per heavy atom. The highest BCUT2D eigenvalue weighted by Crippen LogP contribution is 2.33. The number of carbonyl (C=O) groups excluding carboxylic acids is 1. The summed E-state index contributed by atoms with van der Waals surface area (Å²) < 4.78 is 5.08. The molecule has 1 fully saturated rings. The Balaban J connectivity index is 2.55. The molecule has 17 heavy (non-hydrogen) atoms. The highest BCUT2D eigenvalue weighted by Gasteiger charge is 2.30. The maximum Gasteiger partial charge on any atom is 0.330 e. The molecule has 0 radical (unpaired) electrons. The lowest BCUT2D eigenvalue weighted by molar-refractivity contribution is -0.137. The van der Waals surface area contributed by atoms with Crippen molar-refractivity contribution in [1.82, 2.24) is 0 Å². The molecule has 1 saturated heterocycles. The molecule has 0 aliphatic carbocycles. The quantitative estimate of drug-likeness (QED) is 0.310. The number of hydrogen-bond donors (Lipinski definition) is 0. The predicted octanol–water partition coefficient (Wildman–Crippen LogP) is 3.85. The number of esters is 1. The minimum Gasteiger partial charge on any atom is -0.463 e. The summed E-state index contributed by atoms with van der Waals surface area (Å²) in [5.74, 6) is -0.173. The molecule has 2 nitrogen and oxygen atoms in total. The molecule has 0 amide bonds. The topological polar surface area (TPSA) is 26.3 Å². The second-order valence-corrected chi connectivity index (χ2v) is 9.38. The van der Waals surface area contributed by atoms with E-state index in [4.69, 9.17) is 4.74 Å². The molecular formula is C14H24O2Si. The third kappa shape index (κ3) is 4.90. The van der Waals surface area contributed by atoms with E-state index in [0.717, 1.165) is 12.5 Å². The van der Waals surface area contributed by atoms with Gasteiger partial charge in [0.2, 0.25) is 0 Å². The van der Waals surface area contributed by atoms with E-state index in [9.17, 15) is 4.79 Å². The molecular weight excluding hydrogens is 228 g/mol. The minimum absolute atomic E-state index is 0.173. The van der Waals surface area contributed by atoms with E-state index in [2.05, 4.69) is 12.3 Å². The van der Waals surface area contributed by atoms with Gasteiger partial charge in [-0.15, -0.1) is 6.58 Å². The Labute approximate surface area is 106 Å². The second kappa shape index (κ2) is 7.48. The van der Waals surface area contributed by atoms with Crippen molar-refractivity contribution in [2.45, 2.75) is 50.7 Å². The molecule has 3 heteroatoms. The van der Waals surface area contributed by atoms with Gasteiger partial charge in [0, 0.05) is 6.08 Å². The van der Waals surface area contributed by atoms with Crippen molar-refractivity contribution in [2.24, 2.45) is 0 Å². The average molecular weight is 252 g/mol. The Morgan fingerprint density at radius 2 is 2.06 bits per heavy atom. The zero-order valence-electron chi connectivity index (χ0n) is 10.9. The molecule has 1 rings (SSSR count). The van der Waals surface area contributed by atoms with Crippen molar-refractivity contribution in [1.29, 1.82) is 0 Å². The molecule has 0 bridgehead atoms. The molecule has 0 unspecified atom stereocenters. The highest BCUT2D eigenvalue weighted by atomic mass is 28.3. The van der Waals surface area contributed by atoms with Crippen molar-refractivity contribution in [3.05, 3.63) is 24.4 Å². The van der Waals surface area contributed by atoms with E-state index in [1.807, 2.05) is 13.0 Å². The van der Waals surface area contributed by atoms with Gasteiger partial charge in [0.05, 0.1) is 14.7 Å². The molecule has 0 saturated carbocycles. The number of carbonyl (C=O) groups is 1. The van der Waals surface area contributed by atoms with Crippen LogP contribution < -0.4 is 0 Å². The SMILES string of the molecule is C=CC[Si]1(C=CC(=O)OCCC)CCCCC1. The lowest BCUT2D eigenvalue weighted by Gasteiger charge is -2.31. The summed E-state index contributed by atoms with van der Waals surface area (Å²) in [5, 5.41) is 0. The van der Waals surface area contributed by atoms with Crippen molar-refractivity contribution in [2.75, 3.05) is 6.61 Å². The van der Waals surface area contributed by atoms with Crippen molar-refractivity contribution < 1.29 is 9.53 Å². The zero-order valence-corrected chi connectivity index (χ0v) is 11.9. The van der Waals surface area contributed by atoms with E-state index in [-0.39, 0.29) is 5.97 Å². The predicted molar refractivity (Wildman–Crippen MR) is 74.6 cm³/mol. The lowest BCUT2D eigenvalue weighted by atomic mass is 10.3. The molecule has 0 atom stereocenters. The van der Waals surface area contributed by atoms with E-state index < -0.39 is 8.07 Å². The average Bonchev–Trinajstić information content (AvgIpc) is 2.35. The van der Waals surface area contributed by atoms with Crippen LogP contribution >= 0.6 is 0 Å². The number of rotatable bonds is 6. The van der Waals surface area contributed by atoms with E-state index in [0.29, 0.717) is 6.61 Å².